The lowest BCUT2D eigenvalue weighted by molar-refractivity contribution is 0.576. The molecule has 2 aromatic rings. The van der Waals surface area contributed by atoms with Crippen molar-refractivity contribution >= 4 is 0 Å². The van der Waals surface area contributed by atoms with Gasteiger partial charge in [-0.2, -0.15) is 5.26 Å². The molecule has 0 fully saturated rings. The van der Waals surface area contributed by atoms with Gasteiger partial charge in [-0.3, -0.25) is 4.98 Å². The molecule has 1 heterocycles. The summed E-state index contributed by atoms with van der Waals surface area (Å²) in [5.74, 6) is 0. The zero-order valence-corrected chi connectivity index (χ0v) is 11.0. The van der Waals surface area contributed by atoms with Crippen molar-refractivity contribution in [2.75, 3.05) is 6.54 Å². The lowest BCUT2D eigenvalue weighted by Crippen LogP contribution is -2.21. The van der Waals surface area contributed by atoms with E-state index in [1.165, 1.54) is 11.1 Å². The molecule has 1 N–H and O–H groups in total. The van der Waals surface area contributed by atoms with E-state index in [1.54, 1.807) is 6.20 Å². The standard InChI is InChI=1S/C16H17N3/c1-13(16-6-4-14(11-17)5-7-16)19-10-8-15-3-2-9-18-12-15/h2-7,9,12-13,19H,8,10H2,1H3. The molecule has 0 aliphatic carbocycles. The monoisotopic (exact) mass is 251 g/mol. The highest BCUT2D eigenvalue weighted by Gasteiger charge is 2.04. The van der Waals surface area contributed by atoms with E-state index < -0.39 is 0 Å². The van der Waals surface area contributed by atoms with Crippen molar-refractivity contribution in [1.82, 2.24) is 10.3 Å². The van der Waals surface area contributed by atoms with E-state index in [4.69, 9.17) is 5.26 Å². The molecule has 0 radical (unpaired) electrons. The molecule has 1 aromatic carbocycles. The van der Waals surface area contributed by atoms with Crippen LogP contribution in [0, 0.1) is 11.3 Å². The summed E-state index contributed by atoms with van der Waals surface area (Å²) in [6.07, 6.45) is 4.65. The van der Waals surface area contributed by atoms with Gasteiger partial charge in [0.15, 0.2) is 0 Å². The van der Waals surface area contributed by atoms with Gasteiger partial charge in [0.1, 0.15) is 0 Å². The van der Waals surface area contributed by atoms with Crippen LogP contribution >= 0.6 is 0 Å². The summed E-state index contributed by atoms with van der Waals surface area (Å²) in [6, 6.07) is 14.2. The second-order valence-electron chi connectivity index (χ2n) is 4.52. The highest BCUT2D eigenvalue weighted by atomic mass is 14.9. The van der Waals surface area contributed by atoms with Crippen LogP contribution in [0.4, 0.5) is 0 Å². The second-order valence-corrected chi connectivity index (χ2v) is 4.52. The van der Waals surface area contributed by atoms with Crippen LogP contribution in [-0.2, 0) is 6.42 Å². The Morgan fingerprint density at radius 2 is 2.05 bits per heavy atom. The van der Waals surface area contributed by atoms with Crippen molar-refractivity contribution in [3.8, 4) is 6.07 Å². The third-order valence-electron chi connectivity index (χ3n) is 3.13. The number of hydrogen-bond donors (Lipinski definition) is 1. The number of nitriles is 1. The molecule has 0 amide bonds. The predicted octanol–water partition coefficient (Wildman–Crippen LogP) is 2.85. The first kappa shape index (κ1) is 13.3. The molecule has 1 aromatic heterocycles. The van der Waals surface area contributed by atoms with Crippen molar-refractivity contribution in [2.24, 2.45) is 0 Å². The van der Waals surface area contributed by atoms with Crippen LogP contribution in [0.15, 0.2) is 48.8 Å². The van der Waals surface area contributed by atoms with E-state index in [-0.39, 0.29) is 6.04 Å². The number of hydrogen-bond acceptors (Lipinski definition) is 3. The van der Waals surface area contributed by atoms with Crippen LogP contribution in [0.25, 0.3) is 0 Å². The van der Waals surface area contributed by atoms with Crippen LogP contribution in [0.5, 0.6) is 0 Å². The lowest BCUT2D eigenvalue weighted by atomic mass is 10.1. The summed E-state index contributed by atoms with van der Waals surface area (Å²) in [5, 5.41) is 12.2. The van der Waals surface area contributed by atoms with Crippen LogP contribution < -0.4 is 5.32 Å². The average Bonchev–Trinajstić information content (AvgIpc) is 2.48. The van der Waals surface area contributed by atoms with Gasteiger partial charge in [-0.25, -0.2) is 0 Å². The summed E-state index contributed by atoms with van der Waals surface area (Å²) in [7, 11) is 0. The number of rotatable bonds is 5. The van der Waals surface area contributed by atoms with Crippen LogP contribution in [0.3, 0.4) is 0 Å². The maximum Gasteiger partial charge on any atom is 0.0991 e. The summed E-state index contributed by atoms with van der Waals surface area (Å²) < 4.78 is 0. The zero-order valence-electron chi connectivity index (χ0n) is 11.0. The van der Waals surface area contributed by atoms with Crippen molar-refractivity contribution in [3.05, 3.63) is 65.5 Å². The van der Waals surface area contributed by atoms with Crippen LogP contribution in [0.2, 0.25) is 0 Å². The van der Waals surface area contributed by atoms with Crippen LogP contribution in [-0.4, -0.2) is 11.5 Å². The second kappa shape index (κ2) is 6.67. The first-order chi connectivity index (χ1) is 9.29. The molecule has 0 aliphatic heterocycles. The molecule has 3 nitrogen and oxygen atoms in total. The van der Waals surface area contributed by atoms with Crippen molar-refractivity contribution in [1.29, 1.82) is 5.26 Å². The lowest BCUT2D eigenvalue weighted by Gasteiger charge is -2.14. The Kier molecular flexibility index (Phi) is 4.66. The number of nitrogens with zero attached hydrogens (tertiary/aromatic N) is 2. The Balaban J connectivity index is 1.84. The van der Waals surface area contributed by atoms with E-state index in [2.05, 4.69) is 29.4 Å². The van der Waals surface area contributed by atoms with Gasteiger partial charge in [0.2, 0.25) is 0 Å². The smallest absolute Gasteiger partial charge is 0.0991 e. The predicted molar refractivity (Wildman–Crippen MR) is 75.5 cm³/mol. The molecule has 19 heavy (non-hydrogen) atoms. The van der Waals surface area contributed by atoms with Crippen molar-refractivity contribution < 1.29 is 0 Å². The van der Waals surface area contributed by atoms with Crippen molar-refractivity contribution in [2.45, 2.75) is 19.4 Å². The maximum absolute atomic E-state index is 8.76. The first-order valence-corrected chi connectivity index (χ1v) is 6.42. The van der Waals surface area contributed by atoms with E-state index in [0.717, 1.165) is 13.0 Å². The Bertz CT molecular complexity index is 540. The Labute approximate surface area is 113 Å². The van der Waals surface area contributed by atoms with E-state index in [9.17, 15) is 0 Å². The number of pyridine rings is 1. The molecule has 0 spiro atoms. The maximum atomic E-state index is 8.76. The average molecular weight is 251 g/mol. The van der Waals surface area contributed by atoms with Gasteiger partial charge in [-0.05, 0) is 49.2 Å². The summed E-state index contributed by atoms with van der Waals surface area (Å²) in [5.41, 5.74) is 3.14. The summed E-state index contributed by atoms with van der Waals surface area (Å²) in [6.45, 7) is 3.04. The number of nitrogens with one attached hydrogen (secondary N) is 1. The van der Waals surface area contributed by atoms with Gasteiger partial charge in [-0.1, -0.05) is 18.2 Å². The molecule has 1 unspecified atom stereocenters. The van der Waals surface area contributed by atoms with Gasteiger partial charge < -0.3 is 5.32 Å². The molecule has 1 atom stereocenters. The van der Waals surface area contributed by atoms with Crippen LogP contribution in [0.1, 0.15) is 29.7 Å². The fraction of sp³-hybridized carbons (Fsp3) is 0.250. The Hall–Kier alpha value is -2.18. The largest absolute Gasteiger partial charge is 0.310 e. The molecule has 0 bridgehead atoms. The molecule has 0 saturated heterocycles. The third kappa shape index (κ3) is 3.90. The first-order valence-electron chi connectivity index (χ1n) is 6.42. The van der Waals surface area contributed by atoms with Gasteiger partial charge in [-0.15, -0.1) is 0 Å². The fourth-order valence-corrected chi connectivity index (χ4v) is 1.94. The highest BCUT2D eigenvalue weighted by molar-refractivity contribution is 5.32. The van der Waals surface area contributed by atoms with Crippen molar-refractivity contribution in [3.63, 3.8) is 0 Å². The summed E-state index contributed by atoms with van der Waals surface area (Å²) >= 11 is 0. The molecular formula is C16H17N3. The molecule has 0 aliphatic rings. The van der Waals surface area contributed by atoms with E-state index in [0.29, 0.717) is 5.56 Å². The molecule has 96 valence electrons. The van der Waals surface area contributed by atoms with E-state index in [1.807, 2.05) is 36.5 Å². The minimum Gasteiger partial charge on any atom is -0.310 e. The topological polar surface area (TPSA) is 48.7 Å². The van der Waals surface area contributed by atoms with Gasteiger partial charge in [0.25, 0.3) is 0 Å². The third-order valence-corrected chi connectivity index (χ3v) is 3.13. The fourth-order valence-electron chi connectivity index (χ4n) is 1.94. The Morgan fingerprint density at radius 3 is 2.68 bits per heavy atom. The Morgan fingerprint density at radius 1 is 1.26 bits per heavy atom. The quantitative estimate of drug-likeness (QED) is 0.889. The zero-order chi connectivity index (χ0) is 13.5. The molecular weight excluding hydrogens is 234 g/mol. The number of aromatic nitrogens is 1. The van der Waals surface area contributed by atoms with Gasteiger partial charge in [0, 0.05) is 18.4 Å². The minimum absolute atomic E-state index is 0.282. The van der Waals surface area contributed by atoms with E-state index >= 15 is 0 Å². The molecule has 3 heteroatoms. The number of benzene rings is 1. The van der Waals surface area contributed by atoms with Gasteiger partial charge >= 0.3 is 0 Å². The highest BCUT2D eigenvalue weighted by Crippen LogP contribution is 2.13. The molecule has 0 saturated carbocycles. The normalized spacial score (nSPS) is 11.8. The SMILES string of the molecule is CC(NCCc1cccnc1)c1ccc(C#N)cc1. The van der Waals surface area contributed by atoms with Gasteiger partial charge in [0.05, 0.1) is 11.6 Å². The summed E-state index contributed by atoms with van der Waals surface area (Å²) in [4.78, 5) is 4.10. The molecule has 2 rings (SSSR count). The minimum atomic E-state index is 0.282.